The molecule has 2 amide bonds. The molecule has 0 saturated carbocycles. The van der Waals surface area contributed by atoms with Crippen LogP contribution in [0.15, 0.2) is 71.6 Å². The summed E-state index contributed by atoms with van der Waals surface area (Å²) >= 11 is 0. The van der Waals surface area contributed by atoms with Gasteiger partial charge in [0, 0.05) is 19.1 Å². The molecule has 1 N–H and O–H groups in total. The van der Waals surface area contributed by atoms with E-state index in [0.717, 1.165) is 26.2 Å². The zero-order chi connectivity index (χ0) is 26.7. The van der Waals surface area contributed by atoms with E-state index >= 15 is 0 Å². The number of nitrogens with zero attached hydrogens (tertiary/aromatic N) is 2. The van der Waals surface area contributed by atoms with E-state index in [-0.39, 0.29) is 17.3 Å². The van der Waals surface area contributed by atoms with Gasteiger partial charge in [-0.1, -0.05) is 54.6 Å². The van der Waals surface area contributed by atoms with Crippen LogP contribution in [0.25, 0.3) is 10.8 Å². The minimum atomic E-state index is -3.93. The third kappa shape index (κ3) is 6.50. The highest BCUT2D eigenvalue weighted by Gasteiger charge is 2.31. The molecule has 1 atom stereocenters. The summed E-state index contributed by atoms with van der Waals surface area (Å²) in [4.78, 5) is 28.0. The summed E-state index contributed by atoms with van der Waals surface area (Å²) in [5.41, 5.74) is 1.40. The molecule has 0 bridgehead atoms. The Morgan fingerprint density at radius 3 is 2.19 bits per heavy atom. The number of sulfonamides is 1. The monoisotopic (exact) mass is 509 g/mol. The first-order valence-electron chi connectivity index (χ1n) is 11.9. The molecule has 3 aromatic carbocycles. The highest BCUT2D eigenvalue weighted by atomic mass is 32.2. The van der Waals surface area contributed by atoms with Crippen LogP contribution in [0.3, 0.4) is 0 Å². The first kappa shape index (κ1) is 27.4. The first-order chi connectivity index (χ1) is 16.8. The van der Waals surface area contributed by atoms with Crippen LogP contribution in [-0.4, -0.2) is 54.6 Å². The molecular weight excluding hydrogens is 474 g/mol. The lowest BCUT2D eigenvalue weighted by atomic mass is 10.1. The summed E-state index contributed by atoms with van der Waals surface area (Å²) in [7, 11) is -2.55. The van der Waals surface area contributed by atoms with Crippen molar-refractivity contribution < 1.29 is 18.0 Å². The average Bonchev–Trinajstić information content (AvgIpc) is 2.81. The topological polar surface area (TPSA) is 86.8 Å². The van der Waals surface area contributed by atoms with E-state index in [1.165, 1.54) is 11.9 Å². The zero-order valence-electron chi connectivity index (χ0n) is 21.8. The second kappa shape index (κ2) is 10.8. The second-order valence-corrected chi connectivity index (χ2v) is 12.2. The number of benzene rings is 3. The van der Waals surface area contributed by atoms with Crippen LogP contribution >= 0.6 is 0 Å². The summed E-state index contributed by atoms with van der Waals surface area (Å²) in [6, 6.07) is 19.2. The molecular formula is C28H35N3O4S. The van der Waals surface area contributed by atoms with Crippen LogP contribution in [0.5, 0.6) is 0 Å². The second-order valence-electron chi connectivity index (χ2n) is 10.1. The predicted molar refractivity (Wildman–Crippen MR) is 143 cm³/mol. The van der Waals surface area contributed by atoms with Gasteiger partial charge >= 0.3 is 0 Å². The van der Waals surface area contributed by atoms with Gasteiger partial charge in [0.25, 0.3) is 0 Å². The van der Waals surface area contributed by atoms with Gasteiger partial charge in [-0.25, -0.2) is 8.42 Å². The minimum absolute atomic E-state index is 0.112. The van der Waals surface area contributed by atoms with E-state index in [1.54, 1.807) is 25.1 Å². The third-order valence-corrected chi connectivity index (χ3v) is 7.85. The van der Waals surface area contributed by atoms with Gasteiger partial charge in [0.1, 0.15) is 6.04 Å². The number of hydrogen-bond donors (Lipinski definition) is 1. The highest BCUT2D eigenvalue weighted by Crippen LogP contribution is 2.22. The molecule has 0 aromatic heterocycles. The van der Waals surface area contributed by atoms with E-state index in [9.17, 15) is 18.0 Å². The lowest BCUT2D eigenvalue weighted by molar-refractivity contribution is -0.141. The number of likely N-dealkylation sites (N-methyl/N-ethyl adjacent to an activating group) is 1. The first-order valence-corrected chi connectivity index (χ1v) is 13.3. The molecule has 0 fully saturated rings. The van der Waals surface area contributed by atoms with E-state index in [1.807, 2.05) is 76.2 Å². The molecule has 8 heteroatoms. The van der Waals surface area contributed by atoms with E-state index in [0.29, 0.717) is 0 Å². The standard InChI is InChI=1S/C28H35N3O4S/c1-20-11-7-8-14-24(20)18-31(21(2)27(33)29-28(3,4)5)26(32)19-30(6)36(34,35)25-16-15-22-12-9-10-13-23(22)17-25/h7-17,21H,18-19H2,1-6H3,(H,29,33). The number of carbonyl (C=O) groups excluding carboxylic acids is 2. The molecule has 36 heavy (non-hydrogen) atoms. The Labute approximate surface area is 214 Å². The number of amides is 2. The number of hydrogen-bond acceptors (Lipinski definition) is 4. The lowest BCUT2D eigenvalue weighted by Gasteiger charge is -2.32. The van der Waals surface area contributed by atoms with Crippen molar-refractivity contribution in [2.24, 2.45) is 0 Å². The summed E-state index contributed by atoms with van der Waals surface area (Å²) < 4.78 is 27.7. The molecule has 0 saturated heterocycles. The van der Waals surface area contributed by atoms with Crippen molar-refractivity contribution in [2.45, 2.75) is 57.6 Å². The van der Waals surface area contributed by atoms with Gasteiger partial charge in [-0.15, -0.1) is 0 Å². The van der Waals surface area contributed by atoms with Gasteiger partial charge in [0.05, 0.1) is 11.4 Å². The van der Waals surface area contributed by atoms with Crippen LogP contribution in [-0.2, 0) is 26.2 Å². The van der Waals surface area contributed by atoms with Gasteiger partial charge in [0.15, 0.2) is 0 Å². The van der Waals surface area contributed by atoms with Crippen LogP contribution in [0, 0.1) is 6.92 Å². The Hall–Kier alpha value is -3.23. The summed E-state index contributed by atoms with van der Waals surface area (Å²) in [5.74, 6) is -0.758. The Morgan fingerprint density at radius 1 is 0.944 bits per heavy atom. The normalized spacial score (nSPS) is 13.0. The number of nitrogens with one attached hydrogen (secondary N) is 1. The van der Waals surface area contributed by atoms with Crippen LogP contribution in [0.2, 0.25) is 0 Å². The van der Waals surface area contributed by atoms with E-state index < -0.39 is 34.1 Å². The molecule has 0 radical (unpaired) electrons. The Morgan fingerprint density at radius 2 is 1.56 bits per heavy atom. The number of fused-ring (bicyclic) bond motifs is 1. The van der Waals surface area contributed by atoms with Gasteiger partial charge in [0.2, 0.25) is 21.8 Å². The molecule has 0 heterocycles. The number of aryl methyl sites for hydroxylation is 1. The van der Waals surface area contributed by atoms with Crippen molar-refractivity contribution in [3.8, 4) is 0 Å². The number of rotatable bonds is 8. The van der Waals surface area contributed by atoms with Crippen LogP contribution < -0.4 is 5.32 Å². The molecule has 1 unspecified atom stereocenters. The molecule has 0 aliphatic rings. The quantitative estimate of drug-likeness (QED) is 0.495. The maximum Gasteiger partial charge on any atom is 0.243 e. The van der Waals surface area contributed by atoms with Gasteiger partial charge < -0.3 is 10.2 Å². The Balaban J connectivity index is 1.87. The molecule has 7 nitrogen and oxygen atoms in total. The van der Waals surface area contributed by atoms with Crippen molar-refractivity contribution in [3.63, 3.8) is 0 Å². The lowest BCUT2D eigenvalue weighted by Crippen LogP contribution is -2.54. The summed E-state index contributed by atoms with van der Waals surface area (Å²) in [6.45, 7) is 9.00. The molecule has 3 rings (SSSR count). The summed E-state index contributed by atoms with van der Waals surface area (Å²) in [6.07, 6.45) is 0. The van der Waals surface area contributed by atoms with Crippen molar-refractivity contribution >= 4 is 32.6 Å². The fraction of sp³-hybridized carbons (Fsp3) is 0.357. The van der Waals surface area contributed by atoms with Crippen molar-refractivity contribution in [1.29, 1.82) is 0 Å². The van der Waals surface area contributed by atoms with Gasteiger partial charge in [-0.2, -0.15) is 4.31 Å². The van der Waals surface area contributed by atoms with E-state index in [4.69, 9.17) is 0 Å². The zero-order valence-corrected chi connectivity index (χ0v) is 22.6. The maximum absolute atomic E-state index is 13.5. The molecule has 192 valence electrons. The number of carbonyl (C=O) groups is 2. The van der Waals surface area contributed by atoms with Crippen LogP contribution in [0.4, 0.5) is 0 Å². The molecule has 0 aliphatic heterocycles. The van der Waals surface area contributed by atoms with Gasteiger partial charge in [-0.05, 0) is 68.7 Å². The van der Waals surface area contributed by atoms with E-state index in [2.05, 4.69) is 5.32 Å². The minimum Gasteiger partial charge on any atom is -0.350 e. The van der Waals surface area contributed by atoms with Crippen LogP contribution in [0.1, 0.15) is 38.8 Å². The average molecular weight is 510 g/mol. The smallest absolute Gasteiger partial charge is 0.243 e. The third-order valence-electron chi connectivity index (χ3n) is 6.05. The summed E-state index contributed by atoms with van der Waals surface area (Å²) in [5, 5.41) is 4.64. The van der Waals surface area contributed by atoms with Gasteiger partial charge in [-0.3, -0.25) is 9.59 Å². The predicted octanol–water partition coefficient (Wildman–Crippen LogP) is 4.10. The van der Waals surface area contributed by atoms with Crippen molar-refractivity contribution in [3.05, 3.63) is 77.9 Å². The SMILES string of the molecule is Cc1ccccc1CN(C(=O)CN(C)S(=O)(=O)c1ccc2ccccc2c1)C(C)C(=O)NC(C)(C)C. The molecule has 3 aromatic rings. The van der Waals surface area contributed by atoms with Crippen molar-refractivity contribution in [2.75, 3.05) is 13.6 Å². The fourth-order valence-electron chi connectivity index (χ4n) is 3.90. The largest absolute Gasteiger partial charge is 0.350 e. The highest BCUT2D eigenvalue weighted by molar-refractivity contribution is 7.89. The fourth-order valence-corrected chi connectivity index (χ4v) is 5.06. The molecule has 0 spiro atoms. The van der Waals surface area contributed by atoms with Crippen molar-refractivity contribution in [1.82, 2.24) is 14.5 Å². The Bertz CT molecular complexity index is 1360. The Kier molecular flexibility index (Phi) is 8.21. The molecule has 0 aliphatic carbocycles. The maximum atomic E-state index is 13.5.